The van der Waals surface area contributed by atoms with Crippen molar-refractivity contribution in [2.75, 3.05) is 13.1 Å². The molecule has 0 saturated carbocycles. The molecule has 162 valence electrons. The zero-order chi connectivity index (χ0) is 22.1. The number of likely N-dealkylation sites (tertiary alicyclic amines) is 1. The molecule has 0 spiro atoms. The molecule has 1 atom stereocenters. The van der Waals surface area contributed by atoms with E-state index < -0.39 is 5.25 Å². The fourth-order valence-electron chi connectivity index (χ4n) is 4.26. The van der Waals surface area contributed by atoms with Gasteiger partial charge in [-0.2, -0.15) is 0 Å². The summed E-state index contributed by atoms with van der Waals surface area (Å²) in [4.78, 5) is 37.8. The molecule has 1 aliphatic heterocycles. The number of thioether (sulfide) groups is 1. The van der Waals surface area contributed by atoms with Crippen molar-refractivity contribution in [3.63, 3.8) is 0 Å². The molecule has 32 heavy (non-hydrogen) atoms. The van der Waals surface area contributed by atoms with Gasteiger partial charge in [0.15, 0.2) is 5.16 Å². The molecular weight excluding hydrogens is 420 g/mol. The Bertz CT molecular complexity index is 1350. The van der Waals surface area contributed by atoms with Gasteiger partial charge < -0.3 is 4.90 Å². The Balaban J connectivity index is 1.63. The summed E-state index contributed by atoms with van der Waals surface area (Å²) in [6, 6.07) is 15.6. The Morgan fingerprint density at radius 2 is 1.84 bits per heavy atom. The van der Waals surface area contributed by atoms with Gasteiger partial charge >= 0.3 is 0 Å². The van der Waals surface area contributed by atoms with Crippen LogP contribution in [0.4, 0.5) is 0 Å². The number of hydrogen-bond donors (Lipinski definition) is 0. The van der Waals surface area contributed by atoms with E-state index in [-0.39, 0.29) is 11.5 Å². The lowest BCUT2D eigenvalue weighted by atomic mass is 10.1. The number of carbonyl (C=O) groups is 1. The van der Waals surface area contributed by atoms with Gasteiger partial charge in [0.1, 0.15) is 5.25 Å². The molecule has 1 fully saturated rings. The van der Waals surface area contributed by atoms with Crippen LogP contribution >= 0.6 is 11.8 Å². The summed E-state index contributed by atoms with van der Waals surface area (Å²) < 4.78 is 1.67. The highest BCUT2D eigenvalue weighted by Gasteiger charge is 2.30. The zero-order valence-corrected chi connectivity index (χ0v) is 18.7. The zero-order valence-electron chi connectivity index (χ0n) is 17.9. The lowest BCUT2D eigenvalue weighted by Crippen LogP contribution is -2.32. The molecule has 3 heterocycles. The number of nitrogens with zero attached hydrogens (tertiary/aromatic N) is 4. The van der Waals surface area contributed by atoms with Crippen molar-refractivity contribution < 1.29 is 4.79 Å². The number of benzene rings is 2. The predicted octanol–water partition coefficient (Wildman–Crippen LogP) is 4.42. The Morgan fingerprint density at radius 3 is 2.53 bits per heavy atom. The van der Waals surface area contributed by atoms with E-state index in [0.29, 0.717) is 22.6 Å². The average molecular weight is 445 g/mol. The molecule has 1 amide bonds. The van der Waals surface area contributed by atoms with E-state index >= 15 is 0 Å². The minimum Gasteiger partial charge on any atom is -0.341 e. The average Bonchev–Trinajstić information content (AvgIpc) is 3.37. The Morgan fingerprint density at radius 1 is 1.09 bits per heavy atom. The van der Waals surface area contributed by atoms with E-state index in [1.807, 2.05) is 60.4 Å². The molecule has 0 unspecified atom stereocenters. The molecule has 0 bridgehead atoms. The summed E-state index contributed by atoms with van der Waals surface area (Å²) in [5, 5.41) is 2.71. The number of amides is 1. The molecule has 1 aliphatic rings. The van der Waals surface area contributed by atoms with Gasteiger partial charge in [0, 0.05) is 32.0 Å². The maximum absolute atomic E-state index is 13.4. The number of aromatic nitrogens is 3. The Kier molecular flexibility index (Phi) is 5.66. The van der Waals surface area contributed by atoms with Gasteiger partial charge in [-0.1, -0.05) is 42.1 Å². The van der Waals surface area contributed by atoms with Gasteiger partial charge in [0.2, 0.25) is 5.91 Å². The number of fused-ring (bicyclic) bond motifs is 2. The van der Waals surface area contributed by atoms with Crippen molar-refractivity contribution in [2.24, 2.45) is 0 Å². The van der Waals surface area contributed by atoms with E-state index in [1.165, 1.54) is 11.8 Å². The SMILES string of the molecule is CCn1c(S[C@H](C(=O)N2CCCC2)c2cccnc2)nc2cc3ccccc3cc2c1=O. The van der Waals surface area contributed by atoms with Crippen LogP contribution in [0.25, 0.3) is 21.7 Å². The van der Waals surface area contributed by atoms with E-state index in [1.54, 1.807) is 17.0 Å². The highest BCUT2D eigenvalue weighted by atomic mass is 32.2. The summed E-state index contributed by atoms with van der Waals surface area (Å²) in [5.74, 6) is 0.0519. The van der Waals surface area contributed by atoms with Gasteiger partial charge in [0.05, 0.1) is 10.9 Å². The van der Waals surface area contributed by atoms with Crippen molar-refractivity contribution in [3.05, 3.63) is 76.8 Å². The first kappa shape index (κ1) is 20.7. The van der Waals surface area contributed by atoms with Crippen LogP contribution in [-0.4, -0.2) is 38.4 Å². The first-order valence-corrected chi connectivity index (χ1v) is 11.8. The summed E-state index contributed by atoms with van der Waals surface area (Å²) in [5.41, 5.74) is 1.40. The lowest BCUT2D eigenvalue weighted by molar-refractivity contribution is -0.129. The van der Waals surface area contributed by atoms with Crippen LogP contribution in [-0.2, 0) is 11.3 Å². The smallest absolute Gasteiger partial charge is 0.262 e. The van der Waals surface area contributed by atoms with Gasteiger partial charge in [-0.05, 0) is 54.3 Å². The van der Waals surface area contributed by atoms with Gasteiger partial charge in [-0.15, -0.1) is 0 Å². The fraction of sp³-hybridized carbons (Fsp3) is 0.280. The minimum absolute atomic E-state index is 0.0519. The number of rotatable bonds is 5. The van der Waals surface area contributed by atoms with Crippen LogP contribution in [0, 0.1) is 0 Å². The molecule has 1 saturated heterocycles. The molecule has 2 aromatic heterocycles. The predicted molar refractivity (Wildman–Crippen MR) is 128 cm³/mol. The number of hydrogen-bond acceptors (Lipinski definition) is 5. The largest absolute Gasteiger partial charge is 0.341 e. The normalized spacial score (nSPS) is 14.8. The maximum Gasteiger partial charge on any atom is 0.262 e. The summed E-state index contributed by atoms with van der Waals surface area (Å²) >= 11 is 1.34. The second kappa shape index (κ2) is 8.74. The molecule has 0 N–H and O–H groups in total. The van der Waals surface area contributed by atoms with Crippen molar-refractivity contribution in [2.45, 2.75) is 36.7 Å². The molecule has 0 radical (unpaired) electrons. The highest BCUT2D eigenvalue weighted by Crippen LogP contribution is 2.36. The summed E-state index contributed by atoms with van der Waals surface area (Å²) in [7, 11) is 0. The monoisotopic (exact) mass is 444 g/mol. The van der Waals surface area contributed by atoms with Crippen molar-refractivity contribution in [1.29, 1.82) is 0 Å². The lowest BCUT2D eigenvalue weighted by Gasteiger charge is -2.23. The van der Waals surface area contributed by atoms with Crippen molar-refractivity contribution in [1.82, 2.24) is 19.4 Å². The Labute approximate surface area is 190 Å². The van der Waals surface area contributed by atoms with Crippen LogP contribution in [0.15, 0.2) is 70.9 Å². The van der Waals surface area contributed by atoms with Gasteiger partial charge in [-0.25, -0.2) is 4.98 Å². The van der Waals surface area contributed by atoms with Crippen LogP contribution in [0.2, 0.25) is 0 Å². The van der Waals surface area contributed by atoms with Crippen LogP contribution in [0.1, 0.15) is 30.6 Å². The molecule has 7 heteroatoms. The quantitative estimate of drug-likeness (QED) is 0.259. The van der Waals surface area contributed by atoms with Gasteiger partial charge in [-0.3, -0.25) is 19.1 Å². The van der Waals surface area contributed by atoms with Crippen molar-refractivity contribution in [3.8, 4) is 0 Å². The minimum atomic E-state index is -0.496. The standard InChI is InChI=1S/C25H24N4O2S/c1-2-29-23(30)20-14-17-8-3-4-9-18(17)15-21(20)27-25(29)32-22(19-10-7-11-26-16-19)24(31)28-12-5-6-13-28/h3-4,7-11,14-16,22H,2,5-6,12-13H2,1H3/t22-/m0/s1. The van der Waals surface area contributed by atoms with E-state index in [4.69, 9.17) is 4.98 Å². The van der Waals surface area contributed by atoms with E-state index in [9.17, 15) is 9.59 Å². The molecule has 5 rings (SSSR count). The third kappa shape index (κ3) is 3.77. The second-order valence-electron chi connectivity index (χ2n) is 7.98. The van der Waals surface area contributed by atoms with E-state index in [2.05, 4.69) is 4.98 Å². The highest BCUT2D eigenvalue weighted by molar-refractivity contribution is 8.00. The van der Waals surface area contributed by atoms with Crippen LogP contribution in [0.5, 0.6) is 0 Å². The number of pyridine rings is 1. The summed E-state index contributed by atoms with van der Waals surface area (Å²) in [6.45, 7) is 3.96. The molecule has 2 aromatic carbocycles. The molecule has 6 nitrogen and oxygen atoms in total. The van der Waals surface area contributed by atoms with Crippen LogP contribution in [0.3, 0.4) is 0 Å². The Hall–Kier alpha value is -3.19. The first-order chi connectivity index (χ1) is 15.7. The second-order valence-corrected chi connectivity index (χ2v) is 9.05. The topological polar surface area (TPSA) is 68.1 Å². The first-order valence-electron chi connectivity index (χ1n) is 10.9. The summed E-state index contributed by atoms with van der Waals surface area (Å²) in [6.07, 6.45) is 5.48. The van der Waals surface area contributed by atoms with Gasteiger partial charge in [0.25, 0.3) is 5.56 Å². The van der Waals surface area contributed by atoms with Crippen molar-refractivity contribution >= 4 is 39.3 Å². The number of carbonyl (C=O) groups excluding carboxylic acids is 1. The van der Waals surface area contributed by atoms with E-state index in [0.717, 1.165) is 42.3 Å². The molecule has 0 aliphatic carbocycles. The molecule has 4 aromatic rings. The third-order valence-corrected chi connectivity index (χ3v) is 7.19. The molecular formula is C25H24N4O2S. The maximum atomic E-state index is 13.4. The third-order valence-electron chi connectivity index (χ3n) is 5.96. The van der Waals surface area contributed by atoms with Crippen LogP contribution < -0.4 is 5.56 Å². The fourth-order valence-corrected chi connectivity index (χ4v) is 5.48.